The fraction of sp³-hybridized carbons (Fsp3) is 0.0500. The lowest BCUT2D eigenvalue weighted by Crippen LogP contribution is -2.19. The monoisotopic (exact) mass is 347 g/mol. The highest BCUT2D eigenvalue weighted by molar-refractivity contribution is 7.10. The minimum atomic E-state index is -0.182. The number of nitrogens with zero attached hydrogens (tertiary/aromatic N) is 2. The first-order chi connectivity index (χ1) is 12.3. The summed E-state index contributed by atoms with van der Waals surface area (Å²) in [5, 5.41) is 6.64. The van der Waals surface area contributed by atoms with Crippen LogP contribution >= 0.6 is 11.3 Å². The van der Waals surface area contributed by atoms with E-state index in [4.69, 9.17) is 0 Å². The average molecular weight is 347 g/mol. The molecule has 0 bridgehead atoms. The summed E-state index contributed by atoms with van der Waals surface area (Å²) in [4.78, 5) is 16.4. The standard InChI is InChI=1S/C20H17N3OS/c24-19(23-21-13-7-10-16-8-3-1-4-9-16)14-20-22-18(15-25-20)17-11-5-2-6-12-17/h1-13,15H,14H2,(H,23,24)/b10-7+,21-13-. The molecule has 1 N–H and O–H groups in total. The Morgan fingerprint density at radius 1 is 1.08 bits per heavy atom. The molecule has 1 aromatic heterocycles. The molecule has 2 aromatic carbocycles. The Kier molecular flexibility index (Phi) is 5.85. The van der Waals surface area contributed by atoms with Crippen LogP contribution in [0.15, 0.2) is 77.2 Å². The van der Waals surface area contributed by atoms with Gasteiger partial charge in [0.1, 0.15) is 5.01 Å². The molecule has 0 aliphatic heterocycles. The molecule has 0 radical (unpaired) electrons. The van der Waals surface area contributed by atoms with Gasteiger partial charge in [0.05, 0.1) is 12.1 Å². The fourth-order valence-corrected chi connectivity index (χ4v) is 2.98. The van der Waals surface area contributed by atoms with Gasteiger partial charge in [0.25, 0.3) is 0 Å². The van der Waals surface area contributed by atoms with E-state index in [1.54, 1.807) is 12.3 Å². The minimum absolute atomic E-state index is 0.182. The average Bonchev–Trinajstić information content (AvgIpc) is 3.11. The summed E-state index contributed by atoms with van der Waals surface area (Å²) in [6.45, 7) is 0. The number of amides is 1. The summed E-state index contributed by atoms with van der Waals surface area (Å²) >= 11 is 1.48. The molecule has 5 heteroatoms. The van der Waals surface area contributed by atoms with Crippen LogP contribution in [0.1, 0.15) is 10.6 Å². The summed E-state index contributed by atoms with van der Waals surface area (Å²) in [5.41, 5.74) is 5.53. The van der Waals surface area contributed by atoms with E-state index in [0.717, 1.165) is 21.8 Å². The molecular weight excluding hydrogens is 330 g/mol. The van der Waals surface area contributed by atoms with Crippen molar-refractivity contribution in [2.45, 2.75) is 6.42 Å². The van der Waals surface area contributed by atoms with Gasteiger partial charge in [-0.2, -0.15) is 5.10 Å². The molecule has 3 aromatic rings. The predicted molar refractivity (Wildman–Crippen MR) is 103 cm³/mol. The van der Waals surface area contributed by atoms with Crippen molar-refractivity contribution in [2.24, 2.45) is 5.10 Å². The zero-order valence-electron chi connectivity index (χ0n) is 13.5. The zero-order chi connectivity index (χ0) is 17.3. The number of rotatable bonds is 6. The van der Waals surface area contributed by atoms with Crippen LogP contribution in [0.25, 0.3) is 17.3 Å². The van der Waals surface area contributed by atoms with E-state index < -0.39 is 0 Å². The lowest BCUT2D eigenvalue weighted by atomic mass is 10.2. The Labute approximate surface area is 150 Å². The van der Waals surface area contributed by atoms with Gasteiger partial charge in [-0.1, -0.05) is 66.7 Å². The molecule has 0 saturated carbocycles. The van der Waals surface area contributed by atoms with Gasteiger partial charge in [0.2, 0.25) is 5.91 Å². The molecule has 3 rings (SSSR count). The molecule has 124 valence electrons. The van der Waals surface area contributed by atoms with E-state index in [1.807, 2.05) is 72.1 Å². The second kappa shape index (κ2) is 8.70. The van der Waals surface area contributed by atoms with Gasteiger partial charge in [-0.25, -0.2) is 10.4 Å². The highest BCUT2D eigenvalue weighted by atomic mass is 32.1. The number of carbonyl (C=O) groups is 1. The fourth-order valence-electron chi connectivity index (χ4n) is 2.18. The van der Waals surface area contributed by atoms with E-state index in [2.05, 4.69) is 15.5 Å². The molecule has 0 aliphatic carbocycles. The van der Waals surface area contributed by atoms with E-state index >= 15 is 0 Å². The van der Waals surface area contributed by atoms with E-state index in [9.17, 15) is 4.79 Å². The van der Waals surface area contributed by atoms with Crippen molar-refractivity contribution >= 4 is 29.5 Å². The van der Waals surface area contributed by atoms with Crippen LogP contribution in [-0.2, 0) is 11.2 Å². The largest absolute Gasteiger partial charge is 0.273 e. The molecule has 0 atom stereocenters. The second-order valence-corrected chi connectivity index (χ2v) is 6.19. The maximum Gasteiger partial charge on any atom is 0.246 e. The number of allylic oxidation sites excluding steroid dienone is 1. The van der Waals surface area contributed by atoms with Gasteiger partial charge >= 0.3 is 0 Å². The quantitative estimate of drug-likeness (QED) is 0.537. The van der Waals surface area contributed by atoms with Crippen molar-refractivity contribution in [3.8, 4) is 11.3 Å². The molecule has 25 heavy (non-hydrogen) atoms. The van der Waals surface area contributed by atoms with Crippen molar-refractivity contribution in [1.29, 1.82) is 0 Å². The molecule has 4 nitrogen and oxygen atoms in total. The van der Waals surface area contributed by atoms with Crippen molar-refractivity contribution in [3.05, 3.63) is 82.7 Å². The Balaban J connectivity index is 1.49. The molecule has 0 aliphatic rings. The van der Waals surface area contributed by atoms with Crippen LogP contribution in [0.2, 0.25) is 0 Å². The van der Waals surface area contributed by atoms with Crippen LogP contribution in [-0.4, -0.2) is 17.1 Å². The molecular formula is C20H17N3OS. The smallest absolute Gasteiger partial charge is 0.246 e. The van der Waals surface area contributed by atoms with Gasteiger partial charge in [-0.3, -0.25) is 4.79 Å². The molecule has 0 spiro atoms. The van der Waals surface area contributed by atoms with Gasteiger partial charge < -0.3 is 0 Å². The van der Waals surface area contributed by atoms with E-state index in [1.165, 1.54) is 11.3 Å². The van der Waals surface area contributed by atoms with Crippen molar-refractivity contribution in [1.82, 2.24) is 10.4 Å². The van der Waals surface area contributed by atoms with Crippen molar-refractivity contribution in [2.75, 3.05) is 0 Å². The van der Waals surface area contributed by atoms with Crippen LogP contribution in [0.4, 0.5) is 0 Å². The second-order valence-electron chi connectivity index (χ2n) is 5.25. The first-order valence-electron chi connectivity index (χ1n) is 7.85. The summed E-state index contributed by atoms with van der Waals surface area (Å²) in [6.07, 6.45) is 5.48. The number of carbonyl (C=O) groups excluding carboxylic acids is 1. The summed E-state index contributed by atoms with van der Waals surface area (Å²) in [5.74, 6) is -0.182. The van der Waals surface area contributed by atoms with Gasteiger partial charge in [-0.05, 0) is 11.6 Å². The Morgan fingerprint density at radius 2 is 1.80 bits per heavy atom. The maximum absolute atomic E-state index is 11.9. The Hall–Kier alpha value is -3.05. The molecule has 0 saturated heterocycles. The van der Waals surface area contributed by atoms with Gasteiger partial charge in [-0.15, -0.1) is 11.3 Å². The number of aromatic nitrogens is 1. The molecule has 0 fully saturated rings. The minimum Gasteiger partial charge on any atom is -0.273 e. The molecule has 1 amide bonds. The number of hydrazone groups is 1. The summed E-state index contributed by atoms with van der Waals surface area (Å²) in [6, 6.07) is 19.8. The van der Waals surface area contributed by atoms with E-state index in [0.29, 0.717) is 0 Å². The van der Waals surface area contributed by atoms with Crippen LogP contribution in [0.5, 0.6) is 0 Å². The summed E-state index contributed by atoms with van der Waals surface area (Å²) < 4.78 is 0. The number of hydrogen-bond acceptors (Lipinski definition) is 4. The van der Waals surface area contributed by atoms with Crippen LogP contribution in [0, 0.1) is 0 Å². The number of nitrogens with one attached hydrogen (secondary N) is 1. The Bertz CT molecular complexity index is 870. The highest BCUT2D eigenvalue weighted by Crippen LogP contribution is 2.21. The van der Waals surface area contributed by atoms with Crippen molar-refractivity contribution < 1.29 is 4.79 Å². The Morgan fingerprint density at radius 3 is 2.56 bits per heavy atom. The van der Waals surface area contributed by atoms with E-state index in [-0.39, 0.29) is 12.3 Å². The first-order valence-corrected chi connectivity index (χ1v) is 8.73. The maximum atomic E-state index is 11.9. The third-order valence-corrected chi connectivity index (χ3v) is 4.22. The third-order valence-electron chi connectivity index (χ3n) is 3.37. The summed E-state index contributed by atoms with van der Waals surface area (Å²) in [7, 11) is 0. The third kappa shape index (κ3) is 5.22. The van der Waals surface area contributed by atoms with Gasteiger partial charge in [0.15, 0.2) is 0 Å². The lowest BCUT2D eigenvalue weighted by Gasteiger charge is -1.96. The topological polar surface area (TPSA) is 54.4 Å². The first kappa shape index (κ1) is 16.8. The number of benzene rings is 2. The number of hydrogen-bond donors (Lipinski definition) is 1. The SMILES string of the molecule is O=C(Cc1nc(-c2ccccc2)cs1)N/N=C\C=C\c1ccccc1. The van der Waals surface area contributed by atoms with Crippen LogP contribution in [0.3, 0.4) is 0 Å². The van der Waals surface area contributed by atoms with Crippen LogP contribution < -0.4 is 5.43 Å². The molecule has 1 heterocycles. The van der Waals surface area contributed by atoms with Gasteiger partial charge in [0, 0.05) is 17.2 Å². The normalized spacial score (nSPS) is 11.2. The van der Waals surface area contributed by atoms with Crippen molar-refractivity contribution in [3.63, 3.8) is 0 Å². The zero-order valence-corrected chi connectivity index (χ0v) is 14.3. The lowest BCUT2D eigenvalue weighted by molar-refractivity contribution is -0.120. The highest BCUT2D eigenvalue weighted by Gasteiger charge is 2.08. The predicted octanol–water partition coefficient (Wildman–Crippen LogP) is 4.17. The number of thiazole rings is 1. The molecule has 0 unspecified atom stereocenters.